The second-order valence-electron chi connectivity index (χ2n) is 5.52. The molecule has 0 amide bonds. The quantitative estimate of drug-likeness (QED) is 0.747. The van der Waals surface area contributed by atoms with Crippen molar-refractivity contribution >= 4 is 5.95 Å². The Bertz CT molecular complexity index is 397. The van der Waals surface area contributed by atoms with Gasteiger partial charge >= 0.3 is 0 Å². The zero-order valence-corrected chi connectivity index (χ0v) is 11.3. The Kier molecular flexibility index (Phi) is 3.08. The number of nitrogens with zero attached hydrogens (tertiary/aromatic N) is 3. The molecule has 1 aliphatic rings. The SMILES string of the molecule is Cc1cc(C)nc(N2C[C@@H](C)OC(C)(C)C2)n1. The minimum absolute atomic E-state index is 0.140. The highest BCUT2D eigenvalue weighted by Crippen LogP contribution is 2.23. The average molecular weight is 235 g/mol. The molecule has 4 nitrogen and oxygen atoms in total. The van der Waals surface area contributed by atoms with Gasteiger partial charge in [0.1, 0.15) is 0 Å². The lowest BCUT2D eigenvalue weighted by atomic mass is 10.1. The number of hydrogen-bond donors (Lipinski definition) is 0. The molecule has 1 aliphatic heterocycles. The molecule has 0 saturated carbocycles. The Morgan fingerprint density at radius 1 is 1.29 bits per heavy atom. The summed E-state index contributed by atoms with van der Waals surface area (Å²) in [6, 6.07) is 2.00. The van der Waals surface area contributed by atoms with Crippen molar-refractivity contribution in [2.45, 2.75) is 46.3 Å². The zero-order valence-electron chi connectivity index (χ0n) is 11.3. The summed E-state index contributed by atoms with van der Waals surface area (Å²) in [5.74, 6) is 0.825. The third-order valence-electron chi connectivity index (χ3n) is 2.82. The number of hydrogen-bond acceptors (Lipinski definition) is 4. The fourth-order valence-electron chi connectivity index (χ4n) is 2.45. The molecule has 0 N–H and O–H groups in total. The van der Waals surface area contributed by atoms with E-state index in [0.717, 1.165) is 30.4 Å². The molecule has 1 aromatic heterocycles. The molecule has 0 aromatic carbocycles. The van der Waals surface area contributed by atoms with Gasteiger partial charge in [0, 0.05) is 24.5 Å². The van der Waals surface area contributed by atoms with Gasteiger partial charge in [-0.3, -0.25) is 0 Å². The van der Waals surface area contributed by atoms with E-state index in [4.69, 9.17) is 4.74 Å². The van der Waals surface area contributed by atoms with Crippen LogP contribution in [0.2, 0.25) is 0 Å². The molecule has 0 bridgehead atoms. The lowest BCUT2D eigenvalue weighted by molar-refractivity contribution is -0.0754. The van der Waals surface area contributed by atoms with E-state index in [1.54, 1.807) is 0 Å². The molecule has 4 heteroatoms. The summed E-state index contributed by atoms with van der Waals surface area (Å²) < 4.78 is 5.89. The predicted molar refractivity (Wildman–Crippen MR) is 68.3 cm³/mol. The minimum atomic E-state index is -0.140. The fraction of sp³-hybridized carbons (Fsp3) is 0.692. The molecule has 0 unspecified atom stereocenters. The molecular weight excluding hydrogens is 214 g/mol. The van der Waals surface area contributed by atoms with Crippen LogP contribution in [0, 0.1) is 13.8 Å². The highest BCUT2D eigenvalue weighted by molar-refractivity contribution is 5.33. The minimum Gasteiger partial charge on any atom is -0.369 e. The summed E-state index contributed by atoms with van der Waals surface area (Å²) in [6.07, 6.45) is 0.211. The summed E-state index contributed by atoms with van der Waals surface area (Å²) in [4.78, 5) is 11.3. The molecular formula is C13H21N3O. The lowest BCUT2D eigenvalue weighted by Gasteiger charge is -2.41. The van der Waals surface area contributed by atoms with Crippen LogP contribution in [0.3, 0.4) is 0 Å². The first-order valence-electron chi connectivity index (χ1n) is 6.11. The third kappa shape index (κ3) is 2.94. The van der Waals surface area contributed by atoms with Gasteiger partial charge < -0.3 is 9.64 Å². The van der Waals surface area contributed by atoms with Crippen molar-refractivity contribution in [3.05, 3.63) is 17.5 Å². The molecule has 0 aliphatic carbocycles. The number of aromatic nitrogens is 2. The molecule has 1 atom stereocenters. The maximum Gasteiger partial charge on any atom is 0.225 e. The zero-order chi connectivity index (χ0) is 12.6. The van der Waals surface area contributed by atoms with E-state index in [1.807, 2.05) is 19.9 Å². The van der Waals surface area contributed by atoms with E-state index in [1.165, 1.54) is 0 Å². The van der Waals surface area contributed by atoms with Gasteiger partial charge in [0.2, 0.25) is 5.95 Å². The first kappa shape index (κ1) is 12.3. The summed E-state index contributed by atoms with van der Waals surface area (Å²) in [6.45, 7) is 12.0. The van der Waals surface area contributed by atoms with Crippen LogP contribution in [0.4, 0.5) is 5.95 Å². The Morgan fingerprint density at radius 2 is 1.88 bits per heavy atom. The highest BCUT2D eigenvalue weighted by atomic mass is 16.5. The largest absolute Gasteiger partial charge is 0.369 e. The number of anilines is 1. The number of aryl methyl sites for hydroxylation is 2. The van der Waals surface area contributed by atoms with Crippen LogP contribution in [0.25, 0.3) is 0 Å². The fourth-order valence-corrected chi connectivity index (χ4v) is 2.45. The molecule has 1 saturated heterocycles. The third-order valence-corrected chi connectivity index (χ3v) is 2.82. The maximum atomic E-state index is 5.89. The Labute approximate surface area is 103 Å². The molecule has 2 rings (SSSR count). The molecule has 17 heavy (non-hydrogen) atoms. The normalized spacial score (nSPS) is 23.8. The second kappa shape index (κ2) is 4.26. The van der Waals surface area contributed by atoms with Crippen molar-refractivity contribution in [1.82, 2.24) is 9.97 Å². The maximum absolute atomic E-state index is 5.89. The molecule has 94 valence electrons. The van der Waals surface area contributed by atoms with Crippen LogP contribution in [-0.4, -0.2) is 34.8 Å². The predicted octanol–water partition coefficient (Wildman–Crippen LogP) is 2.10. The summed E-state index contributed by atoms with van der Waals surface area (Å²) in [7, 11) is 0. The van der Waals surface area contributed by atoms with E-state index < -0.39 is 0 Å². The van der Waals surface area contributed by atoms with Gasteiger partial charge in [-0.2, -0.15) is 0 Å². The van der Waals surface area contributed by atoms with Gasteiger partial charge in [0.05, 0.1) is 11.7 Å². The molecule has 0 spiro atoms. The van der Waals surface area contributed by atoms with E-state index in [9.17, 15) is 0 Å². The highest BCUT2D eigenvalue weighted by Gasteiger charge is 2.32. The van der Waals surface area contributed by atoms with Crippen molar-refractivity contribution in [2.24, 2.45) is 0 Å². The monoisotopic (exact) mass is 235 g/mol. The van der Waals surface area contributed by atoms with E-state index in [-0.39, 0.29) is 11.7 Å². The van der Waals surface area contributed by atoms with Crippen LogP contribution < -0.4 is 4.90 Å². The Hall–Kier alpha value is -1.16. The van der Waals surface area contributed by atoms with Gasteiger partial charge in [0.15, 0.2) is 0 Å². The summed E-state index contributed by atoms with van der Waals surface area (Å²) in [5, 5.41) is 0. The molecule has 0 radical (unpaired) electrons. The van der Waals surface area contributed by atoms with Crippen LogP contribution in [0.15, 0.2) is 6.07 Å². The smallest absolute Gasteiger partial charge is 0.225 e. The lowest BCUT2D eigenvalue weighted by Crippen LogP contribution is -2.52. The van der Waals surface area contributed by atoms with Gasteiger partial charge in [0.25, 0.3) is 0 Å². The van der Waals surface area contributed by atoms with Crippen LogP contribution in [0.5, 0.6) is 0 Å². The number of ether oxygens (including phenoxy) is 1. The molecule has 1 aromatic rings. The first-order valence-corrected chi connectivity index (χ1v) is 6.11. The second-order valence-corrected chi connectivity index (χ2v) is 5.52. The van der Waals surface area contributed by atoms with Crippen LogP contribution in [0.1, 0.15) is 32.2 Å². The number of rotatable bonds is 1. The van der Waals surface area contributed by atoms with E-state index in [2.05, 4.69) is 35.6 Å². The first-order chi connectivity index (χ1) is 7.85. The van der Waals surface area contributed by atoms with Crippen molar-refractivity contribution in [1.29, 1.82) is 0 Å². The Balaban J connectivity index is 2.26. The Morgan fingerprint density at radius 3 is 2.41 bits per heavy atom. The van der Waals surface area contributed by atoms with E-state index >= 15 is 0 Å². The van der Waals surface area contributed by atoms with Crippen molar-refractivity contribution in [3.63, 3.8) is 0 Å². The van der Waals surface area contributed by atoms with Gasteiger partial charge in [-0.1, -0.05) is 0 Å². The molecule has 1 fully saturated rings. The summed E-state index contributed by atoms with van der Waals surface area (Å²) >= 11 is 0. The number of morpholine rings is 1. The summed E-state index contributed by atoms with van der Waals surface area (Å²) in [5.41, 5.74) is 1.90. The van der Waals surface area contributed by atoms with E-state index in [0.29, 0.717) is 0 Å². The van der Waals surface area contributed by atoms with Gasteiger partial charge in [-0.05, 0) is 40.7 Å². The topological polar surface area (TPSA) is 38.2 Å². The average Bonchev–Trinajstić information content (AvgIpc) is 2.12. The van der Waals surface area contributed by atoms with Crippen molar-refractivity contribution in [3.8, 4) is 0 Å². The van der Waals surface area contributed by atoms with Crippen molar-refractivity contribution in [2.75, 3.05) is 18.0 Å². The van der Waals surface area contributed by atoms with Gasteiger partial charge in [-0.25, -0.2) is 9.97 Å². The van der Waals surface area contributed by atoms with Gasteiger partial charge in [-0.15, -0.1) is 0 Å². The standard InChI is InChI=1S/C13H21N3O/c1-9-6-10(2)15-12(14-9)16-7-11(3)17-13(4,5)8-16/h6,11H,7-8H2,1-5H3/t11-/m1/s1. The molecule has 2 heterocycles. The van der Waals surface area contributed by atoms with Crippen LogP contribution >= 0.6 is 0 Å². The van der Waals surface area contributed by atoms with Crippen molar-refractivity contribution < 1.29 is 4.74 Å². The van der Waals surface area contributed by atoms with Crippen LogP contribution in [-0.2, 0) is 4.74 Å².